The maximum atomic E-state index is 11.2. The van der Waals surface area contributed by atoms with Gasteiger partial charge in [0.25, 0.3) is 0 Å². The predicted molar refractivity (Wildman–Crippen MR) is 64.3 cm³/mol. The van der Waals surface area contributed by atoms with Crippen LogP contribution in [0.2, 0.25) is 0 Å². The molecular weight excluding hydrogens is 220 g/mol. The number of fused-ring (bicyclic) bond motifs is 1. The summed E-state index contributed by atoms with van der Waals surface area (Å²) in [6.45, 7) is 1.17. The van der Waals surface area contributed by atoms with Gasteiger partial charge >= 0.3 is 5.97 Å². The summed E-state index contributed by atoms with van der Waals surface area (Å²) in [6, 6.07) is 5.35. The van der Waals surface area contributed by atoms with E-state index in [1.54, 1.807) is 22.7 Å². The molecule has 0 aliphatic carbocycles. The largest absolute Gasteiger partial charge is 0.476 e. The van der Waals surface area contributed by atoms with Crippen molar-refractivity contribution in [3.05, 3.63) is 30.1 Å². The highest BCUT2D eigenvalue weighted by atomic mass is 16.4. The van der Waals surface area contributed by atoms with Crippen LogP contribution >= 0.6 is 0 Å². The van der Waals surface area contributed by atoms with E-state index in [2.05, 4.69) is 10.3 Å². The van der Waals surface area contributed by atoms with Gasteiger partial charge in [-0.3, -0.25) is 4.40 Å². The number of rotatable bonds is 5. The number of nitrogens with one attached hydrogen (secondary N) is 1. The third-order valence-electron chi connectivity index (χ3n) is 2.41. The molecule has 4 N–H and O–H groups in total. The highest BCUT2D eigenvalue weighted by Gasteiger charge is 2.17. The van der Waals surface area contributed by atoms with Crippen molar-refractivity contribution in [2.24, 2.45) is 5.73 Å². The molecule has 0 radical (unpaired) electrons. The molecule has 90 valence electrons. The van der Waals surface area contributed by atoms with Gasteiger partial charge < -0.3 is 16.2 Å². The number of pyridine rings is 1. The number of nitrogens with zero attached hydrogens (tertiary/aromatic N) is 2. The SMILES string of the molecule is NCCCNc1nc2ccccn2c1C(=O)O. The fourth-order valence-corrected chi connectivity index (χ4v) is 1.63. The standard InChI is InChI=1S/C11H14N4O2/c12-5-3-6-13-10-9(11(16)17)15-7-2-1-4-8(15)14-10/h1-2,4,7,13H,3,5-6,12H2,(H,16,17). The number of aromatic nitrogens is 2. The lowest BCUT2D eigenvalue weighted by atomic mass is 10.4. The topological polar surface area (TPSA) is 92.6 Å². The zero-order valence-corrected chi connectivity index (χ0v) is 9.26. The lowest BCUT2D eigenvalue weighted by Gasteiger charge is -2.02. The number of carboxylic acid groups (broad SMARTS) is 1. The van der Waals surface area contributed by atoms with E-state index in [0.717, 1.165) is 6.42 Å². The van der Waals surface area contributed by atoms with Crippen molar-refractivity contribution >= 4 is 17.4 Å². The maximum Gasteiger partial charge on any atom is 0.356 e. The normalized spacial score (nSPS) is 10.6. The Morgan fingerprint density at radius 1 is 1.53 bits per heavy atom. The van der Waals surface area contributed by atoms with Crippen molar-refractivity contribution in [3.63, 3.8) is 0 Å². The number of imidazole rings is 1. The molecule has 6 heteroatoms. The van der Waals surface area contributed by atoms with Gasteiger partial charge in [-0.15, -0.1) is 0 Å². The Morgan fingerprint density at radius 3 is 3.06 bits per heavy atom. The highest BCUT2D eigenvalue weighted by Crippen LogP contribution is 2.17. The molecule has 2 rings (SSSR count). The Morgan fingerprint density at radius 2 is 2.35 bits per heavy atom. The van der Waals surface area contributed by atoms with Crippen LogP contribution in [0.3, 0.4) is 0 Å². The number of aromatic carboxylic acids is 1. The molecule has 0 atom stereocenters. The van der Waals surface area contributed by atoms with Crippen LogP contribution in [0.15, 0.2) is 24.4 Å². The number of nitrogens with two attached hydrogens (primary N) is 1. The second-order valence-electron chi connectivity index (χ2n) is 3.61. The second kappa shape index (κ2) is 4.84. The van der Waals surface area contributed by atoms with Gasteiger partial charge in [0.05, 0.1) is 0 Å². The lowest BCUT2D eigenvalue weighted by Crippen LogP contribution is -2.12. The number of carbonyl (C=O) groups is 1. The molecule has 0 fully saturated rings. The fraction of sp³-hybridized carbons (Fsp3) is 0.273. The summed E-state index contributed by atoms with van der Waals surface area (Å²) in [5, 5.41) is 12.2. The van der Waals surface area contributed by atoms with Gasteiger partial charge in [0.15, 0.2) is 11.5 Å². The van der Waals surface area contributed by atoms with Crippen LogP contribution in [0.4, 0.5) is 5.82 Å². The zero-order valence-electron chi connectivity index (χ0n) is 9.26. The molecule has 0 aliphatic heterocycles. The molecule has 0 saturated heterocycles. The van der Waals surface area contributed by atoms with Crippen LogP contribution in [0.5, 0.6) is 0 Å². The van der Waals surface area contributed by atoms with Gasteiger partial charge in [-0.25, -0.2) is 9.78 Å². The Balaban J connectivity index is 2.39. The Kier molecular flexibility index (Phi) is 3.24. The molecule has 0 saturated carbocycles. The number of carboxylic acids is 1. The second-order valence-corrected chi connectivity index (χ2v) is 3.61. The van der Waals surface area contributed by atoms with Gasteiger partial charge in [-0.1, -0.05) is 6.07 Å². The van der Waals surface area contributed by atoms with Crippen LogP contribution in [-0.4, -0.2) is 33.6 Å². The molecule has 2 aromatic heterocycles. The van der Waals surface area contributed by atoms with Crippen LogP contribution < -0.4 is 11.1 Å². The molecular formula is C11H14N4O2. The number of hydrogen-bond acceptors (Lipinski definition) is 4. The van der Waals surface area contributed by atoms with E-state index in [-0.39, 0.29) is 5.69 Å². The van der Waals surface area contributed by atoms with E-state index in [0.29, 0.717) is 24.6 Å². The first-order valence-electron chi connectivity index (χ1n) is 5.38. The first kappa shape index (κ1) is 11.4. The summed E-state index contributed by atoms with van der Waals surface area (Å²) in [5.74, 6) is -0.615. The van der Waals surface area contributed by atoms with Gasteiger partial charge in [-0.05, 0) is 25.1 Å². The summed E-state index contributed by atoms with van der Waals surface area (Å²) >= 11 is 0. The molecule has 0 bridgehead atoms. The average molecular weight is 234 g/mol. The summed E-state index contributed by atoms with van der Waals surface area (Å²) in [6.07, 6.45) is 2.45. The van der Waals surface area contributed by atoms with Gasteiger partial charge in [0.1, 0.15) is 5.65 Å². The van der Waals surface area contributed by atoms with E-state index >= 15 is 0 Å². The molecule has 2 aromatic rings. The maximum absolute atomic E-state index is 11.2. The molecule has 2 heterocycles. The van der Waals surface area contributed by atoms with Crippen LogP contribution in [0, 0.1) is 0 Å². The predicted octanol–water partition coefficient (Wildman–Crippen LogP) is 0.793. The number of anilines is 1. The fourth-order valence-electron chi connectivity index (χ4n) is 1.63. The number of hydrogen-bond donors (Lipinski definition) is 3. The third-order valence-corrected chi connectivity index (χ3v) is 2.41. The Bertz CT molecular complexity index is 535. The van der Waals surface area contributed by atoms with Crippen molar-refractivity contribution in [3.8, 4) is 0 Å². The van der Waals surface area contributed by atoms with Crippen molar-refractivity contribution < 1.29 is 9.90 Å². The minimum absolute atomic E-state index is 0.151. The van der Waals surface area contributed by atoms with E-state index < -0.39 is 5.97 Å². The van der Waals surface area contributed by atoms with Crippen molar-refractivity contribution in [2.75, 3.05) is 18.4 Å². The average Bonchev–Trinajstić information content (AvgIpc) is 2.67. The van der Waals surface area contributed by atoms with Crippen LogP contribution in [0.25, 0.3) is 5.65 Å². The zero-order chi connectivity index (χ0) is 12.3. The quantitative estimate of drug-likeness (QED) is 0.665. The molecule has 0 amide bonds. The molecule has 0 spiro atoms. The highest BCUT2D eigenvalue weighted by molar-refractivity contribution is 5.92. The van der Waals surface area contributed by atoms with E-state index in [1.165, 1.54) is 0 Å². The molecule has 0 aromatic carbocycles. The van der Waals surface area contributed by atoms with Crippen molar-refractivity contribution in [1.82, 2.24) is 9.38 Å². The minimum atomic E-state index is -1.00. The summed E-state index contributed by atoms with van der Waals surface area (Å²) in [7, 11) is 0. The first-order valence-corrected chi connectivity index (χ1v) is 5.38. The van der Waals surface area contributed by atoms with Gasteiger partial charge in [-0.2, -0.15) is 0 Å². The van der Waals surface area contributed by atoms with Gasteiger partial charge in [0, 0.05) is 12.7 Å². The van der Waals surface area contributed by atoms with Crippen molar-refractivity contribution in [1.29, 1.82) is 0 Å². The molecule has 6 nitrogen and oxygen atoms in total. The molecule has 17 heavy (non-hydrogen) atoms. The summed E-state index contributed by atoms with van der Waals surface area (Å²) in [5.41, 5.74) is 6.15. The third kappa shape index (κ3) is 2.21. The van der Waals surface area contributed by atoms with Crippen LogP contribution in [-0.2, 0) is 0 Å². The first-order chi connectivity index (χ1) is 8.24. The lowest BCUT2D eigenvalue weighted by molar-refractivity contribution is 0.0690. The Labute approximate surface area is 98.1 Å². The molecule has 0 unspecified atom stereocenters. The van der Waals surface area contributed by atoms with E-state index in [9.17, 15) is 9.90 Å². The Hall–Kier alpha value is -2.08. The van der Waals surface area contributed by atoms with E-state index in [4.69, 9.17) is 5.73 Å². The summed E-state index contributed by atoms with van der Waals surface area (Å²) < 4.78 is 1.55. The van der Waals surface area contributed by atoms with E-state index in [1.807, 2.05) is 6.07 Å². The smallest absolute Gasteiger partial charge is 0.356 e. The summed E-state index contributed by atoms with van der Waals surface area (Å²) in [4.78, 5) is 15.4. The molecule has 0 aliphatic rings. The van der Waals surface area contributed by atoms with Crippen molar-refractivity contribution in [2.45, 2.75) is 6.42 Å². The minimum Gasteiger partial charge on any atom is -0.476 e. The van der Waals surface area contributed by atoms with Crippen LogP contribution in [0.1, 0.15) is 16.9 Å². The van der Waals surface area contributed by atoms with Gasteiger partial charge in [0.2, 0.25) is 0 Å². The monoisotopic (exact) mass is 234 g/mol.